The molecule has 0 aliphatic carbocycles. The van der Waals surface area contributed by atoms with Gasteiger partial charge in [-0.2, -0.15) is 0 Å². The number of nitrogens with two attached hydrogens (primary N) is 1. The molecule has 0 aliphatic heterocycles. The van der Waals surface area contributed by atoms with Gasteiger partial charge in [0, 0.05) is 11.1 Å². The molecule has 0 saturated carbocycles. The van der Waals surface area contributed by atoms with Crippen LogP contribution in [0.1, 0.15) is 28.3 Å². The van der Waals surface area contributed by atoms with Crippen LogP contribution in [-0.2, 0) is 6.42 Å². The van der Waals surface area contributed by atoms with Crippen molar-refractivity contribution in [2.24, 2.45) is 5.73 Å². The summed E-state index contributed by atoms with van der Waals surface area (Å²) in [5.41, 5.74) is 11.2. The van der Waals surface area contributed by atoms with Crippen LogP contribution in [0.4, 0.5) is 0 Å². The second-order valence-corrected chi connectivity index (χ2v) is 5.23. The van der Waals surface area contributed by atoms with Crippen LogP contribution >= 0.6 is 11.6 Å². The van der Waals surface area contributed by atoms with Crippen molar-refractivity contribution in [1.82, 2.24) is 0 Å². The normalized spacial score (nSPS) is 12.4. The fourth-order valence-electron chi connectivity index (χ4n) is 2.23. The molecule has 2 rings (SSSR count). The highest BCUT2D eigenvalue weighted by Crippen LogP contribution is 2.21. The lowest BCUT2D eigenvalue weighted by molar-refractivity contribution is 0.716. The molecule has 0 fully saturated rings. The first-order valence-corrected chi connectivity index (χ1v) is 6.51. The maximum absolute atomic E-state index is 6.28. The van der Waals surface area contributed by atoms with Gasteiger partial charge in [0.1, 0.15) is 0 Å². The van der Waals surface area contributed by atoms with E-state index in [0.29, 0.717) is 0 Å². The zero-order valence-electron chi connectivity index (χ0n) is 10.8. The van der Waals surface area contributed by atoms with Crippen LogP contribution in [0.3, 0.4) is 0 Å². The molecule has 0 aliphatic rings. The van der Waals surface area contributed by atoms with Crippen molar-refractivity contribution in [2.45, 2.75) is 26.3 Å². The Morgan fingerprint density at radius 1 is 1.06 bits per heavy atom. The SMILES string of the molecule is Cc1ccc(C(N)Cc2ccc(Cl)cc2)c(C)c1. The number of benzene rings is 2. The van der Waals surface area contributed by atoms with Gasteiger partial charge in [-0.15, -0.1) is 0 Å². The lowest BCUT2D eigenvalue weighted by atomic mass is 9.95. The summed E-state index contributed by atoms with van der Waals surface area (Å²) in [6.45, 7) is 4.21. The summed E-state index contributed by atoms with van der Waals surface area (Å²) in [7, 11) is 0. The van der Waals surface area contributed by atoms with Crippen LogP contribution in [-0.4, -0.2) is 0 Å². The minimum absolute atomic E-state index is 0.0341. The Hall–Kier alpha value is -1.31. The first-order chi connectivity index (χ1) is 8.56. The van der Waals surface area contributed by atoms with Gasteiger partial charge in [-0.3, -0.25) is 0 Å². The molecular formula is C16H18ClN. The topological polar surface area (TPSA) is 26.0 Å². The second kappa shape index (κ2) is 5.55. The molecule has 94 valence electrons. The van der Waals surface area contributed by atoms with E-state index in [1.807, 2.05) is 24.3 Å². The molecule has 0 heterocycles. The molecule has 0 bridgehead atoms. The third-order valence-corrected chi connectivity index (χ3v) is 3.45. The van der Waals surface area contributed by atoms with E-state index in [1.54, 1.807) is 0 Å². The standard InChI is InChI=1S/C16H18ClN/c1-11-3-8-15(12(2)9-11)16(18)10-13-4-6-14(17)7-5-13/h3-9,16H,10,18H2,1-2H3. The minimum Gasteiger partial charge on any atom is -0.324 e. The highest BCUT2D eigenvalue weighted by molar-refractivity contribution is 6.30. The maximum Gasteiger partial charge on any atom is 0.0406 e. The predicted molar refractivity (Wildman–Crippen MR) is 78.0 cm³/mol. The van der Waals surface area contributed by atoms with E-state index in [0.717, 1.165) is 11.4 Å². The summed E-state index contributed by atoms with van der Waals surface area (Å²) in [6, 6.07) is 14.3. The van der Waals surface area contributed by atoms with Gasteiger partial charge in [-0.05, 0) is 49.1 Å². The summed E-state index contributed by atoms with van der Waals surface area (Å²) >= 11 is 5.88. The highest BCUT2D eigenvalue weighted by atomic mass is 35.5. The molecule has 1 atom stereocenters. The average molecular weight is 260 g/mol. The average Bonchev–Trinajstić information content (AvgIpc) is 2.32. The second-order valence-electron chi connectivity index (χ2n) is 4.80. The summed E-state index contributed by atoms with van der Waals surface area (Å²) < 4.78 is 0. The van der Waals surface area contributed by atoms with Gasteiger partial charge in [-0.1, -0.05) is 47.5 Å². The lowest BCUT2D eigenvalue weighted by Crippen LogP contribution is -2.14. The zero-order chi connectivity index (χ0) is 13.1. The molecule has 0 aromatic heterocycles. The largest absolute Gasteiger partial charge is 0.324 e. The molecule has 0 radical (unpaired) electrons. The Morgan fingerprint density at radius 2 is 1.72 bits per heavy atom. The van der Waals surface area contributed by atoms with Crippen LogP contribution in [0.2, 0.25) is 5.02 Å². The van der Waals surface area contributed by atoms with Crippen molar-refractivity contribution in [2.75, 3.05) is 0 Å². The van der Waals surface area contributed by atoms with Gasteiger partial charge in [0.2, 0.25) is 0 Å². The first kappa shape index (κ1) is 13.1. The highest BCUT2D eigenvalue weighted by Gasteiger charge is 2.09. The summed E-state index contributed by atoms with van der Waals surface area (Å²) in [5.74, 6) is 0. The number of hydrogen-bond donors (Lipinski definition) is 1. The smallest absolute Gasteiger partial charge is 0.0406 e. The van der Waals surface area contributed by atoms with Gasteiger partial charge in [0.15, 0.2) is 0 Å². The Bertz CT molecular complexity index is 531. The number of aryl methyl sites for hydroxylation is 2. The molecule has 0 amide bonds. The molecule has 18 heavy (non-hydrogen) atoms. The number of halogens is 1. The van der Waals surface area contributed by atoms with Gasteiger partial charge in [-0.25, -0.2) is 0 Å². The van der Waals surface area contributed by atoms with Crippen molar-refractivity contribution < 1.29 is 0 Å². The predicted octanol–water partition coefficient (Wildman–Crippen LogP) is 4.20. The van der Waals surface area contributed by atoms with Crippen molar-refractivity contribution >= 4 is 11.6 Å². The van der Waals surface area contributed by atoms with E-state index in [2.05, 4.69) is 32.0 Å². The van der Waals surface area contributed by atoms with Crippen LogP contribution in [0, 0.1) is 13.8 Å². The van der Waals surface area contributed by atoms with Gasteiger partial charge >= 0.3 is 0 Å². The lowest BCUT2D eigenvalue weighted by Gasteiger charge is -2.15. The van der Waals surface area contributed by atoms with E-state index in [4.69, 9.17) is 17.3 Å². The number of hydrogen-bond acceptors (Lipinski definition) is 1. The quantitative estimate of drug-likeness (QED) is 0.878. The fourth-order valence-corrected chi connectivity index (χ4v) is 2.35. The van der Waals surface area contributed by atoms with E-state index in [1.165, 1.54) is 22.3 Å². The van der Waals surface area contributed by atoms with E-state index >= 15 is 0 Å². The maximum atomic E-state index is 6.28. The van der Waals surface area contributed by atoms with Gasteiger partial charge in [0.05, 0.1) is 0 Å². The summed E-state index contributed by atoms with van der Waals surface area (Å²) in [6.07, 6.45) is 0.834. The zero-order valence-corrected chi connectivity index (χ0v) is 11.5. The van der Waals surface area contributed by atoms with Gasteiger partial charge in [0.25, 0.3) is 0 Å². The van der Waals surface area contributed by atoms with Crippen molar-refractivity contribution in [1.29, 1.82) is 0 Å². The Balaban J connectivity index is 2.16. The van der Waals surface area contributed by atoms with Gasteiger partial charge < -0.3 is 5.73 Å². The van der Waals surface area contributed by atoms with Crippen LogP contribution in [0.15, 0.2) is 42.5 Å². The van der Waals surface area contributed by atoms with Crippen LogP contribution < -0.4 is 5.73 Å². The molecule has 0 saturated heterocycles. The molecule has 0 spiro atoms. The van der Waals surface area contributed by atoms with Crippen molar-refractivity contribution in [3.05, 3.63) is 69.7 Å². The first-order valence-electron chi connectivity index (χ1n) is 6.13. The number of rotatable bonds is 3. The Morgan fingerprint density at radius 3 is 2.33 bits per heavy atom. The summed E-state index contributed by atoms with van der Waals surface area (Å²) in [5, 5.41) is 0.763. The van der Waals surface area contributed by atoms with Crippen molar-refractivity contribution in [3.8, 4) is 0 Å². The van der Waals surface area contributed by atoms with E-state index < -0.39 is 0 Å². The molecule has 1 unspecified atom stereocenters. The molecular weight excluding hydrogens is 242 g/mol. The molecule has 2 aromatic carbocycles. The minimum atomic E-state index is 0.0341. The van der Waals surface area contributed by atoms with E-state index in [-0.39, 0.29) is 6.04 Å². The third-order valence-electron chi connectivity index (χ3n) is 3.19. The van der Waals surface area contributed by atoms with Crippen molar-refractivity contribution in [3.63, 3.8) is 0 Å². The fraction of sp³-hybridized carbons (Fsp3) is 0.250. The Labute approximate surface area is 114 Å². The van der Waals surface area contributed by atoms with Crippen LogP contribution in [0.5, 0.6) is 0 Å². The van der Waals surface area contributed by atoms with Crippen LogP contribution in [0.25, 0.3) is 0 Å². The van der Waals surface area contributed by atoms with E-state index in [9.17, 15) is 0 Å². The molecule has 2 N–H and O–H groups in total. The monoisotopic (exact) mass is 259 g/mol. The third kappa shape index (κ3) is 3.12. The molecule has 2 aromatic rings. The molecule has 2 heteroatoms. The molecule has 1 nitrogen and oxygen atoms in total. The summed E-state index contributed by atoms with van der Waals surface area (Å²) in [4.78, 5) is 0. The Kier molecular flexibility index (Phi) is 4.05.